The zero-order valence-electron chi connectivity index (χ0n) is 7.00. The topological polar surface area (TPSA) is 26.0 Å². The van der Waals surface area contributed by atoms with Gasteiger partial charge in [0.2, 0.25) is 0 Å². The Labute approximate surface area is 88.9 Å². The molecule has 2 N–H and O–H groups in total. The summed E-state index contributed by atoms with van der Waals surface area (Å²) in [5, 5.41) is 2.57. The standard InChI is InChI=1S/C9H7F2NS2/c10-9(11)5-3-4-1-2-14-8(4)6(12)7(5)13/h1-3,9,13H,12H2. The molecule has 1 aromatic carbocycles. The van der Waals surface area contributed by atoms with E-state index in [0.29, 0.717) is 5.69 Å². The van der Waals surface area contributed by atoms with Gasteiger partial charge < -0.3 is 5.73 Å². The molecule has 0 radical (unpaired) electrons. The molecule has 0 aliphatic rings. The van der Waals surface area contributed by atoms with Crippen LogP contribution in [0.5, 0.6) is 0 Å². The van der Waals surface area contributed by atoms with Crippen molar-refractivity contribution >= 4 is 39.7 Å². The van der Waals surface area contributed by atoms with Crippen molar-refractivity contribution in [1.82, 2.24) is 0 Å². The van der Waals surface area contributed by atoms with Crippen molar-refractivity contribution in [1.29, 1.82) is 0 Å². The molecule has 1 nitrogen and oxygen atoms in total. The van der Waals surface area contributed by atoms with Crippen LogP contribution in [0.1, 0.15) is 12.0 Å². The molecular weight excluding hydrogens is 224 g/mol. The molecule has 2 aromatic rings. The molecule has 74 valence electrons. The molecule has 0 saturated carbocycles. The number of nitrogen functional groups attached to an aromatic ring is 1. The van der Waals surface area contributed by atoms with Gasteiger partial charge in [-0.3, -0.25) is 0 Å². The van der Waals surface area contributed by atoms with Gasteiger partial charge in [-0.2, -0.15) is 0 Å². The maximum absolute atomic E-state index is 12.5. The molecular formula is C9H7F2NS2. The molecule has 0 amide bonds. The summed E-state index contributed by atoms with van der Waals surface area (Å²) in [6.07, 6.45) is -2.53. The van der Waals surface area contributed by atoms with Crippen LogP contribution in [0.15, 0.2) is 22.4 Å². The van der Waals surface area contributed by atoms with Crippen molar-refractivity contribution in [2.75, 3.05) is 5.73 Å². The van der Waals surface area contributed by atoms with E-state index in [-0.39, 0.29) is 10.5 Å². The van der Waals surface area contributed by atoms with Crippen molar-refractivity contribution in [3.05, 3.63) is 23.1 Å². The highest BCUT2D eigenvalue weighted by Gasteiger charge is 2.16. The number of alkyl halides is 2. The third-order valence-electron chi connectivity index (χ3n) is 2.01. The largest absolute Gasteiger partial charge is 0.397 e. The summed E-state index contributed by atoms with van der Waals surface area (Å²) in [5.41, 5.74) is 5.95. The van der Waals surface area contributed by atoms with Gasteiger partial charge in [0, 0.05) is 10.5 Å². The SMILES string of the molecule is Nc1c(S)c(C(F)F)cc2ccsc12. The Morgan fingerprint density at radius 2 is 2.14 bits per heavy atom. The smallest absolute Gasteiger partial charge is 0.265 e. The van der Waals surface area contributed by atoms with Crippen molar-refractivity contribution in [3.63, 3.8) is 0 Å². The molecule has 0 atom stereocenters. The second kappa shape index (κ2) is 3.40. The highest BCUT2D eigenvalue weighted by molar-refractivity contribution is 7.80. The number of rotatable bonds is 1. The minimum Gasteiger partial charge on any atom is -0.397 e. The van der Waals surface area contributed by atoms with Gasteiger partial charge in [0.15, 0.2) is 0 Å². The lowest BCUT2D eigenvalue weighted by Crippen LogP contribution is -1.93. The van der Waals surface area contributed by atoms with Crippen LogP contribution in [0, 0.1) is 0 Å². The quantitative estimate of drug-likeness (QED) is 0.568. The number of thiol groups is 1. The summed E-state index contributed by atoms with van der Waals surface area (Å²) in [4.78, 5) is 0.190. The highest BCUT2D eigenvalue weighted by atomic mass is 32.1. The lowest BCUT2D eigenvalue weighted by atomic mass is 10.1. The van der Waals surface area contributed by atoms with Gasteiger partial charge in [-0.25, -0.2) is 8.78 Å². The number of hydrogen-bond donors (Lipinski definition) is 2. The fourth-order valence-electron chi connectivity index (χ4n) is 1.32. The van der Waals surface area contributed by atoms with Crippen molar-refractivity contribution in [2.45, 2.75) is 11.3 Å². The fraction of sp³-hybridized carbons (Fsp3) is 0.111. The molecule has 0 unspecified atom stereocenters. The number of thiophene rings is 1. The molecule has 0 spiro atoms. The number of halogens is 2. The molecule has 14 heavy (non-hydrogen) atoms. The van der Waals surface area contributed by atoms with Gasteiger partial charge in [-0.1, -0.05) is 0 Å². The molecule has 0 aliphatic heterocycles. The average molecular weight is 231 g/mol. The first-order chi connectivity index (χ1) is 6.61. The average Bonchev–Trinajstić information content (AvgIpc) is 2.58. The van der Waals surface area contributed by atoms with Crippen molar-refractivity contribution in [3.8, 4) is 0 Å². The number of nitrogens with two attached hydrogens (primary N) is 1. The van der Waals surface area contributed by atoms with Gasteiger partial charge in [0.05, 0.1) is 10.4 Å². The second-order valence-electron chi connectivity index (χ2n) is 2.87. The zero-order chi connectivity index (χ0) is 10.3. The normalized spacial score (nSPS) is 11.4. The number of benzene rings is 1. The molecule has 0 bridgehead atoms. The zero-order valence-corrected chi connectivity index (χ0v) is 8.71. The molecule has 0 saturated heterocycles. The van der Waals surface area contributed by atoms with Crippen LogP contribution >= 0.6 is 24.0 Å². The monoisotopic (exact) mass is 231 g/mol. The lowest BCUT2D eigenvalue weighted by Gasteiger charge is -2.07. The van der Waals surface area contributed by atoms with Crippen LogP contribution in [0.4, 0.5) is 14.5 Å². The van der Waals surface area contributed by atoms with E-state index >= 15 is 0 Å². The summed E-state index contributed by atoms with van der Waals surface area (Å²) < 4.78 is 25.9. The van der Waals surface area contributed by atoms with Crippen molar-refractivity contribution in [2.24, 2.45) is 0 Å². The van der Waals surface area contributed by atoms with Crippen LogP contribution in [0.2, 0.25) is 0 Å². The Morgan fingerprint density at radius 1 is 1.43 bits per heavy atom. The van der Waals surface area contributed by atoms with Gasteiger partial charge in [0.25, 0.3) is 6.43 Å². The summed E-state index contributed by atoms with van der Waals surface area (Å²) in [5.74, 6) is 0. The minimum absolute atomic E-state index is 0.100. The number of anilines is 1. The third-order valence-corrected chi connectivity index (χ3v) is 3.48. The Hall–Kier alpha value is -0.810. The molecule has 5 heteroatoms. The summed E-state index contributed by atoms with van der Waals surface area (Å²) >= 11 is 5.43. The van der Waals surface area contributed by atoms with Crippen LogP contribution in [-0.4, -0.2) is 0 Å². The van der Waals surface area contributed by atoms with Gasteiger partial charge in [0.1, 0.15) is 0 Å². The van der Waals surface area contributed by atoms with E-state index in [1.54, 1.807) is 6.07 Å². The van der Waals surface area contributed by atoms with Gasteiger partial charge >= 0.3 is 0 Å². The Balaban J connectivity index is 2.80. The summed E-state index contributed by atoms with van der Waals surface area (Å²) in [6.45, 7) is 0. The highest BCUT2D eigenvalue weighted by Crippen LogP contribution is 2.38. The van der Waals surface area contributed by atoms with E-state index in [2.05, 4.69) is 12.6 Å². The third kappa shape index (κ3) is 1.36. The molecule has 1 heterocycles. The first-order valence-electron chi connectivity index (χ1n) is 3.88. The maximum Gasteiger partial charge on any atom is 0.265 e. The van der Waals surface area contributed by atoms with Crippen LogP contribution in [0.25, 0.3) is 10.1 Å². The van der Waals surface area contributed by atoms with Gasteiger partial charge in [-0.15, -0.1) is 24.0 Å². The number of fused-ring (bicyclic) bond motifs is 1. The predicted molar refractivity (Wildman–Crippen MR) is 58.4 cm³/mol. The second-order valence-corrected chi connectivity index (χ2v) is 4.23. The number of hydrogen-bond acceptors (Lipinski definition) is 3. The van der Waals surface area contributed by atoms with E-state index < -0.39 is 6.43 Å². The van der Waals surface area contributed by atoms with E-state index in [1.165, 1.54) is 17.4 Å². The first-order valence-corrected chi connectivity index (χ1v) is 5.20. The summed E-state index contributed by atoms with van der Waals surface area (Å²) in [6, 6.07) is 3.21. The minimum atomic E-state index is -2.53. The fourth-order valence-corrected chi connectivity index (χ4v) is 2.51. The first kappa shape index (κ1) is 9.73. The Kier molecular flexibility index (Phi) is 2.36. The van der Waals surface area contributed by atoms with E-state index in [4.69, 9.17) is 5.73 Å². The van der Waals surface area contributed by atoms with Gasteiger partial charge in [-0.05, 0) is 22.9 Å². The van der Waals surface area contributed by atoms with E-state index in [9.17, 15) is 8.78 Å². The summed E-state index contributed by atoms with van der Waals surface area (Å²) in [7, 11) is 0. The molecule has 0 fully saturated rings. The Morgan fingerprint density at radius 3 is 2.79 bits per heavy atom. The van der Waals surface area contributed by atoms with Crippen LogP contribution < -0.4 is 5.73 Å². The Bertz CT molecular complexity index is 479. The van der Waals surface area contributed by atoms with Crippen molar-refractivity contribution < 1.29 is 8.78 Å². The predicted octanol–water partition coefficient (Wildman–Crippen LogP) is 3.71. The molecule has 0 aliphatic carbocycles. The maximum atomic E-state index is 12.5. The van der Waals surface area contributed by atoms with E-state index in [0.717, 1.165) is 10.1 Å². The van der Waals surface area contributed by atoms with E-state index in [1.807, 2.05) is 5.38 Å². The lowest BCUT2D eigenvalue weighted by molar-refractivity contribution is 0.148. The van der Waals surface area contributed by atoms with Crippen LogP contribution in [-0.2, 0) is 0 Å². The van der Waals surface area contributed by atoms with Crippen LogP contribution in [0.3, 0.4) is 0 Å². The molecule has 2 rings (SSSR count). The molecule has 1 aromatic heterocycles.